The van der Waals surface area contributed by atoms with E-state index in [0.29, 0.717) is 31.8 Å². The van der Waals surface area contributed by atoms with Crippen LogP contribution in [-0.4, -0.2) is 33.7 Å². The van der Waals surface area contributed by atoms with Gasteiger partial charge in [-0.1, -0.05) is 61.4 Å². The normalized spacial score (nSPS) is 11.3. The topological polar surface area (TPSA) is 110 Å². The molecular weight excluding hydrogens is 482 g/mol. The smallest absolute Gasteiger partial charge is 0.317 e. The van der Waals surface area contributed by atoms with Crippen LogP contribution in [0.5, 0.6) is 5.75 Å². The van der Waals surface area contributed by atoms with E-state index in [1.807, 2.05) is 72.8 Å². The molecule has 4 aromatic carbocycles. The molecule has 0 saturated carbocycles. The van der Waals surface area contributed by atoms with Crippen LogP contribution in [0, 0.1) is 5.92 Å². The maximum Gasteiger partial charge on any atom is 0.317 e. The third-order valence-corrected chi connectivity index (χ3v) is 6.58. The van der Waals surface area contributed by atoms with E-state index in [2.05, 4.69) is 12.1 Å². The number of carboxylic acids is 2. The van der Waals surface area contributed by atoms with Crippen molar-refractivity contribution < 1.29 is 29.0 Å². The predicted octanol–water partition coefficient (Wildman–Crippen LogP) is 7.04. The third kappa shape index (κ3) is 5.52. The monoisotopic (exact) mass is 509 g/mol. The number of nitrogens with zero attached hydrogens (tertiary/aromatic N) is 1. The summed E-state index contributed by atoms with van der Waals surface area (Å²) in [5, 5.41) is 19.9. The number of rotatable bonds is 11. The second-order valence-electron chi connectivity index (χ2n) is 9.18. The molecule has 38 heavy (non-hydrogen) atoms. The number of carbonyl (C=O) groups is 2. The van der Waals surface area contributed by atoms with Gasteiger partial charge in [0.2, 0.25) is 5.89 Å². The van der Waals surface area contributed by atoms with Gasteiger partial charge in [-0.05, 0) is 71.1 Å². The van der Waals surface area contributed by atoms with E-state index < -0.39 is 17.9 Å². The molecule has 2 N–H and O–H groups in total. The molecular formula is C31H27NO6. The van der Waals surface area contributed by atoms with Gasteiger partial charge in [-0.25, -0.2) is 4.98 Å². The molecule has 7 nitrogen and oxygen atoms in total. The number of aliphatic carboxylic acids is 2. The number of benzene rings is 4. The van der Waals surface area contributed by atoms with Gasteiger partial charge in [-0.2, -0.15) is 0 Å². The van der Waals surface area contributed by atoms with Gasteiger partial charge < -0.3 is 19.4 Å². The Bertz CT molecular complexity index is 1580. The molecule has 1 heterocycles. The maximum atomic E-state index is 11.0. The van der Waals surface area contributed by atoms with Gasteiger partial charge in [0.15, 0.2) is 11.5 Å². The molecule has 0 aliphatic heterocycles. The highest BCUT2D eigenvalue weighted by atomic mass is 16.5. The zero-order valence-electron chi connectivity index (χ0n) is 20.7. The van der Waals surface area contributed by atoms with Crippen LogP contribution < -0.4 is 4.74 Å². The van der Waals surface area contributed by atoms with Gasteiger partial charge in [0.05, 0.1) is 6.61 Å². The fourth-order valence-corrected chi connectivity index (χ4v) is 4.56. The average Bonchev–Trinajstić information content (AvgIpc) is 3.35. The highest BCUT2D eigenvalue weighted by Gasteiger charge is 2.24. The first-order valence-corrected chi connectivity index (χ1v) is 12.6. The zero-order valence-corrected chi connectivity index (χ0v) is 20.7. The van der Waals surface area contributed by atoms with E-state index in [4.69, 9.17) is 24.4 Å². The number of ether oxygens (including phenoxy) is 1. The fraction of sp³-hybridized carbons (Fsp3) is 0.194. The quantitative estimate of drug-likeness (QED) is 0.145. The minimum Gasteiger partial charge on any atom is -0.494 e. The van der Waals surface area contributed by atoms with Crippen LogP contribution in [0.2, 0.25) is 0 Å². The Morgan fingerprint density at radius 3 is 2.42 bits per heavy atom. The zero-order chi connectivity index (χ0) is 26.5. The lowest BCUT2D eigenvalue weighted by Gasteiger charge is -2.10. The molecule has 5 aromatic rings. The lowest BCUT2D eigenvalue weighted by Crippen LogP contribution is -2.23. The minimum absolute atomic E-state index is 0.118. The van der Waals surface area contributed by atoms with Crippen LogP contribution in [0.1, 0.15) is 25.7 Å². The molecule has 0 unspecified atom stereocenters. The van der Waals surface area contributed by atoms with Gasteiger partial charge in [0, 0.05) is 5.56 Å². The number of oxazole rings is 1. The number of hydrogen-bond acceptors (Lipinski definition) is 5. The predicted molar refractivity (Wildman–Crippen MR) is 145 cm³/mol. The molecule has 1 aromatic heterocycles. The Hall–Kier alpha value is -4.65. The Morgan fingerprint density at radius 2 is 1.63 bits per heavy atom. The molecule has 0 atom stereocenters. The fourth-order valence-electron chi connectivity index (χ4n) is 4.56. The number of aromatic nitrogens is 1. The summed E-state index contributed by atoms with van der Waals surface area (Å²) in [7, 11) is 0. The Labute approximate surface area is 219 Å². The lowest BCUT2D eigenvalue weighted by molar-refractivity contribution is -0.154. The van der Waals surface area contributed by atoms with E-state index in [1.165, 1.54) is 0 Å². The molecule has 192 valence electrons. The molecule has 0 aliphatic rings. The summed E-state index contributed by atoms with van der Waals surface area (Å²) in [6.45, 7) is 0.463. The first-order valence-electron chi connectivity index (χ1n) is 12.6. The van der Waals surface area contributed by atoms with Gasteiger partial charge in [0.1, 0.15) is 11.3 Å². The summed E-state index contributed by atoms with van der Waals surface area (Å²) in [6.07, 6.45) is 2.04. The van der Waals surface area contributed by atoms with E-state index >= 15 is 0 Å². The van der Waals surface area contributed by atoms with E-state index in [0.717, 1.165) is 44.3 Å². The van der Waals surface area contributed by atoms with Crippen molar-refractivity contribution >= 4 is 33.8 Å². The van der Waals surface area contributed by atoms with Crippen LogP contribution in [0.4, 0.5) is 0 Å². The second kappa shape index (κ2) is 11.2. The number of unbranched alkanes of at least 4 members (excludes halogenated alkanes) is 2. The largest absolute Gasteiger partial charge is 0.494 e. The SMILES string of the molecule is O=C(O)C(CCCCCOc1ccc2c(-c3nc4cc(-c5ccccc5)ccc4o3)cccc2c1)C(=O)O. The molecule has 0 spiro atoms. The van der Waals surface area contributed by atoms with Gasteiger partial charge >= 0.3 is 11.9 Å². The molecule has 0 saturated heterocycles. The number of hydrogen-bond donors (Lipinski definition) is 2. The van der Waals surface area contributed by atoms with Crippen molar-refractivity contribution in [2.45, 2.75) is 25.7 Å². The standard InChI is InChI=1S/C31H27NO6/c33-30(34)26(31(35)36)11-5-2-6-17-37-23-14-15-24-22(18-23)10-7-12-25(24)29-32-27-19-21(13-16-28(27)38-29)20-8-3-1-4-9-20/h1,3-4,7-10,12-16,18-19,26H,2,5-6,11,17H2,(H,33,34)(H,35,36). The summed E-state index contributed by atoms with van der Waals surface area (Å²) in [4.78, 5) is 26.7. The van der Waals surface area contributed by atoms with Crippen LogP contribution in [0.25, 0.3) is 44.5 Å². The number of fused-ring (bicyclic) bond motifs is 2. The van der Waals surface area contributed by atoms with Crippen molar-refractivity contribution in [1.29, 1.82) is 0 Å². The average molecular weight is 510 g/mol. The molecule has 0 bridgehead atoms. The van der Waals surface area contributed by atoms with E-state index in [-0.39, 0.29) is 6.42 Å². The van der Waals surface area contributed by atoms with Crippen molar-refractivity contribution in [2.75, 3.05) is 6.61 Å². The third-order valence-electron chi connectivity index (χ3n) is 6.58. The first kappa shape index (κ1) is 25.0. The lowest BCUT2D eigenvalue weighted by atomic mass is 10.0. The van der Waals surface area contributed by atoms with Gasteiger partial charge in [-0.15, -0.1) is 0 Å². The van der Waals surface area contributed by atoms with Crippen LogP contribution in [0.15, 0.2) is 89.3 Å². The Balaban J connectivity index is 1.26. The van der Waals surface area contributed by atoms with Crippen molar-refractivity contribution in [1.82, 2.24) is 4.98 Å². The van der Waals surface area contributed by atoms with Crippen molar-refractivity contribution in [2.24, 2.45) is 5.92 Å². The summed E-state index contributed by atoms with van der Waals surface area (Å²) in [6, 6.07) is 28.0. The summed E-state index contributed by atoms with van der Waals surface area (Å²) in [5.74, 6) is -2.64. The van der Waals surface area contributed by atoms with Crippen molar-refractivity contribution in [3.05, 3.63) is 84.9 Å². The molecule has 5 rings (SSSR count). The van der Waals surface area contributed by atoms with Crippen molar-refractivity contribution in [3.63, 3.8) is 0 Å². The van der Waals surface area contributed by atoms with Gasteiger partial charge in [-0.3, -0.25) is 9.59 Å². The van der Waals surface area contributed by atoms with Crippen LogP contribution in [-0.2, 0) is 9.59 Å². The Kier molecular flexibility index (Phi) is 7.35. The molecule has 0 fully saturated rings. The second-order valence-corrected chi connectivity index (χ2v) is 9.18. The highest BCUT2D eigenvalue weighted by molar-refractivity contribution is 5.96. The van der Waals surface area contributed by atoms with E-state index in [9.17, 15) is 9.59 Å². The maximum absolute atomic E-state index is 11.0. The number of carboxylic acid groups (broad SMARTS) is 2. The van der Waals surface area contributed by atoms with Crippen LogP contribution >= 0.6 is 0 Å². The molecule has 0 aliphatic carbocycles. The molecule has 0 radical (unpaired) electrons. The summed E-state index contributed by atoms with van der Waals surface area (Å²) in [5.41, 5.74) is 4.64. The van der Waals surface area contributed by atoms with Crippen molar-refractivity contribution in [3.8, 4) is 28.3 Å². The summed E-state index contributed by atoms with van der Waals surface area (Å²) >= 11 is 0. The highest BCUT2D eigenvalue weighted by Crippen LogP contribution is 2.33. The van der Waals surface area contributed by atoms with Gasteiger partial charge in [0.25, 0.3) is 0 Å². The molecule has 7 heteroatoms. The van der Waals surface area contributed by atoms with Crippen LogP contribution in [0.3, 0.4) is 0 Å². The van der Waals surface area contributed by atoms with E-state index in [1.54, 1.807) is 0 Å². The summed E-state index contributed by atoms with van der Waals surface area (Å²) < 4.78 is 12.0. The molecule has 0 amide bonds. The minimum atomic E-state index is -1.35. The first-order chi connectivity index (χ1) is 18.5. The Morgan fingerprint density at radius 1 is 0.816 bits per heavy atom.